The molecule has 0 bridgehead atoms. The van der Waals surface area contributed by atoms with Gasteiger partial charge in [0, 0.05) is 11.3 Å². The first kappa shape index (κ1) is 34.5. The third kappa shape index (κ3) is 6.32. The highest BCUT2D eigenvalue weighted by molar-refractivity contribution is 6.22. The van der Waals surface area contributed by atoms with Gasteiger partial charge in [0.15, 0.2) is 0 Å². The molecule has 2 amide bonds. The van der Waals surface area contributed by atoms with Gasteiger partial charge in [-0.25, -0.2) is 4.90 Å². The topological polar surface area (TPSA) is 66.8 Å². The Bertz CT molecular complexity index is 2050. The van der Waals surface area contributed by atoms with Crippen LogP contribution < -0.4 is 4.90 Å². The summed E-state index contributed by atoms with van der Waals surface area (Å²) in [6, 6.07) is 21.7. The Hall–Kier alpha value is -4.90. The number of rotatable bonds is 7. The standard InChI is InChI=1S/C40H33F6NO4/c1-2-22-17-31-36(38(50)47(37(31)49)28-19-26(39(41,42)43)18-27(20-28)40(44,45)46)32-21-51-34(35(22)32)15-13-24(23-8-4-3-5-9-23)16-25-12-14-33(48)30-11-7-6-10-29(25)30/h3-12,14,16,18-20,31-32,34,36,48H,2,13,15,17,21H2,1H3/b24-16-/t31-,32+,34-,36-/m1/s1. The number of benzene rings is 4. The average Bonchev–Trinajstić information content (AvgIpc) is 3.64. The number of hydrogen-bond acceptors (Lipinski definition) is 4. The van der Waals surface area contributed by atoms with Crippen molar-refractivity contribution in [2.75, 3.05) is 11.5 Å². The van der Waals surface area contributed by atoms with Crippen LogP contribution in [0.2, 0.25) is 0 Å². The number of halogens is 6. The summed E-state index contributed by atoms with van der Waals surface area (Å²) in [6.45, 7) is 2.02. The van der Waals surface area contributed by atoms with Crippen molar-refractivity contribution >= 4 is 39.9 Å². The Labute approximate surface area is 289 Å². The number of allylic oxidation sites excluding steroid dienone is 2. The Balaban J connectivity index is 1.19. The van der Waals surface area contributed by atoms with E-state index in [1.54, 1.807) is 6.07 Å². The number of phenols is 1. The Morgan fingerprint density at radius 1 is 0.843 bits per heavy atom. The molecule has 4 aromatic rings. The van der Waals surface area contributed by atoms with Crippen molar-refractivity contribution in [2.45, 2.75) is 51.1 Å². The van der Waals surface area contributed by atoms with Gasteiger partial charge in [0.25, 0.3) is 0 Å². The van der Waals surface area contributed by atoms with Crippen molar-refractivity contribution in [3.8, 4) is 5.75 Å². The van der Waals surface area contributed by atoms with Gasteiger partial charge in [0.2, 0.25) is 11.8 Å². The largest absolute Gasteiger partial charge is 0.507 e. The van der Waals surface area contributed by atoms with Crippen LogP contribution in [0.3, 0.4) is 0 Å². The molecule has 0 aromatic heterocycles. The highest BCUT2D eigenvalue weighted by Crippen LogP contribution is 2.52. The van der Waals surface area contributed by atoms with Crippen LogP contribution in [-0.2, 0) is 26.7 Å². The normalized spacial score (nSPS) is 22.6. The fraction of sp³-hybridized carbons (Fsp3) is 0.300. The van der Waals surface area contributed by atoms with Crippen molar-refractivity contribution in [3.63, 3.8) is 0 Å². The number of anilines is 1. The molecule has 5 nitrogen and oxygen atoms in total. The number of fused-ring (bicyclic) bond motifs is 4. The van der Waals surface area contributed by atoms with E-state index in [-0.39, 0.29) is 24.8 Å². The molecule has 264 valence electrons. The molecule has 11 heteroatoms. The van der Waals surface area contributed by atoms with Crippen molar-refractivity contribution in [1.82, 2.24) is 0 Å². The lowest BCUT2D eigenvalue weighted by molar-refractivity contribution is -0.143. The van der Waals surface area contributed by atoms with Crippen LogP contribution in [-0.4, -0.2) is 29.6 Å². The maximum absolute atomic E-state index is 13.9. The molecule has 51 heavy (non-hydrogen) atoms. The van der Waals surface area contributed by atoms with Gasteiger partial charge >= 0.3 is 12.4 Å². The summed E-state index contributed by atoms with van der Waals surface area (Å²) in [5.74, 6) is -3.87. The fourth-order valence-corrected chi connectivity index (χ4v) is 7.99. The number of carbonyl (C=O) groups excluding carboxylic acids is 2. The van der Waals surface area contributed by atoms with E-state index in [0.717, 1.165) is 38.6 Å². The molecular formula is C40H33F6NO4. The Morgan fingerprint density at radius 3 is 2.14 bits per heavy atom. The first-order valence-corrected chi connectivity index (χ1v) is 16.7. The molecule has 0 saturated carbocycles. The molecule has 7 rings (SSSR count). The number of amides is 2. The van der Waals surface area contributed by atoms with E-state index in [0.29, 0.717) is 36.3 Å². The third-order valence-corrected chi connectivity index (χ3v) is 10.4. The predicted octanol–water partition coefficient (Wildman–Crippen LogP) is 9.83. The van der Waals surface area contributed by atoms with Crippen LogP contribution in [0.1, 0.15) is 54.9 Å². The van der Waals surface area contributed by atoms with Crippen molar-refractivity contribution < 1.29 is 45.8 Å². The van der Waals surface area contributed by atoms with E-state index in [1.807, 2.05) is 67.6 Å². The number of ether oxygens (including phenoxy) is 1. The van der Waals surface area contributed by atoms with Crippen LogP contribution in [0.15, 0.2) is 96.1 Å². The van der Waals surface area contributed by atoms with Crippen molar-refractivity contribution in [1.29, 1.82) is 0 Å². The van der Waals surface area contributed by atoms with Gasteiger partial charge in [-0.2, -0.15) is 26.3 Å². The van der Waals surface area contributed by atoms with E-state index in [9.17, 15) is 41.0 Å². The van der Waals surface area contributed by atoms with Crippen LogP contribution in [0.25, 0.3) is 22.4 Å². The van der Waals surface area contributed by atoms with Gasteiger partial charge in [-0.1, -0.05) is 79.2 Å². The lowest BCUT2D eigenvalue weighted by atomic mass is 9.69. The molecule has 2 aliphatic heterocycles. The fourth-order valence-electron chi connectivity index (χ4n) is 7.99. The third-order valence-electron chi connectivity index (χ3n) is 10.4. The monoisotopic (exact) mass is 705 g/mol. The second-order valence-electron chi connectivity index (χ2n) is 13.2. The number of alkyl halides is 6. The maximum atomic E-state index is 13.9. The number of aromatic hydroxyl groups is 1. The van der Waals surface area contributed by atoms with Crippen LogP contribution in [0, 0.1) is 17.8 Å². The summed E-state index contributed by atoms with van der Waals surface area (Å²) in [6.07, 6.45) is -6.79. The highest BCUT2D eigenvalue weighted by Gasteiger charge is 2.57. The molecule has 0 radical (unpaired) electrons. The molecule has 4 aromatic carbocycles. The minimum Gasteiger partial charge on any atom is -0.507 e. The van der Waals surface area contributed by atoms with Gasteiger partial charge in [-0.3, -0.25) is 9.59 Å². The number of hydrogen-bond donors (Lipinski definition) is 1. The summed E-state index contributed by atoms with van der Waals surface area (Å²) in [5, 5.41) is 12.0. The van der Waals surface area contributed by atoms with Gasteiger partial charge in [0.1, 0.15) is 5.75 Å². The summed E-state index contributed by atoms with van der Waals surface area (Å²) >= 11 is 0. The molecular weight excluding hydrogens is 672 g/mol. The summed E-state index contributed by atoms with van der Waals surface area (Å²) < 4.78 is 88.4. The number of nitrogens with zero attached hydrogens (tertiary/aromatic N) is 1. The first-order chi connectivity index (χ1) is 24.3. The zero-order chi connectivity index (χ0) is 36.2. The molecule has 2 heterocycles. The minimum absolute atomic E-state index is 0.0197. The lowest BCUT2D eigenvalue weighted by Crippen LogP contribution is -2.34. The smallest absolute Gasteiger partial charge is 0.416 e. The van der Waals surface area contributed by atoms with Crippen LogP contribution in [0.4, 0.5) is 32.0 Å². The minimum atomic E-state index is -5.13. The van der Waals surface area contributed by atoms with E-state index in [1.165, 1.54) is 0 Å². The number of imide groups is 1. The van der Waals surface area contributed by atoms with Gasteiger partial charge in [0.05, 0.1) is 41.4 Å². The van der Waals surface area contributed by atoms with Gasteiger partial charge in [-0.15, -0.1) is 0 Å². The molecule has 1 aliphatic carbocycles. The number of carbonyl (C=O) groups is 2. The first-order valence-electron chi connectivity index (χ1n) is 16.7. The van der Waals surface area contributed by atoms with E-state index in [4.69, 9.17) is 4.74 Å². The van der Waals surface area contributed by atoms with Gasteiger partial charge < -0.3 is 9.84 Å². The summed E-state index contributed by atoms with van der Waals surface area (Å²) in [4.78, 5) is 28.2. The zero-order valence-corrected chi connectivity index (χ0v) is 27.4. The molecule has 0 unspecified atom stereocenters. The Morgan fingerprint density at radius 2 is 1.49 bits per heavy atom. The molecule has 3 aliphatic rings. The highest BCUT2D eigenvalue weighted by atomic mass is 19.4. The number of phenolic OH excluding ortho intramolecular Hbond substituents is 1. The van der Waals surface area contributed by atoms with Crippen LogP contribution >= 0.6 is 0 Å². The van der Waals surface area contributed by atoms with Gasteiger partial charge in [-0.05, 0) is 77.6 Å². The van der Waals surface area contributed by atoms with E-state index in [2.05, 4.69) is 6.08 Å². The molecule has 1 N–H and O–H groups in total. The van der Waals surface area contributed by atoms with E-state index >= 15 is 0 Å². The quantitative estimate of drug-likeness (QED) is 0.0900. The molecule has 4 atom stereocenters. The lowest BCUT2D eigenvalue weighted by Gasteiger charge is -2.31. The SMILES string of the molecule is CCC1=C2[C@@H](CC/C(=C/c3ccc(O)c4ccccc34)c3ccccc3)OC[C@@H]2[C@@H]2C(=O)N(c3cc(C(F)(F)F)cc(C(F)(F)F)c3)C(=O)[C@@H]2C1. The maximum Gasteiger partial charge on any atom is 0.416 e. The zero-order valence-electron chi connectivity index (χ0n) is 27.4. The molecule has 2 saturated heterocycles. The second-order valence-corrected chi connectivity index (χ2v) is 13.2. The second kappa shape index (κ2) is 13.0. The van der Waals surface area contributed by atoms with Crippen molar-refractivity contribution in [2.24, 2.45) is 17.8 Å². The predicted molar refractivity (Wildman–Crippen MR) is 180 cm³/mol. The van der Waals surface area contributed by atoms with Crippen LogP contribution in [0.5, 0.6) is 5.75 Å². The van der Waals surface area contributed by atoms with E-state index < -0.39 is 64.8 Å². The Kier molecular flexibility index (Phi) is 8.81. The van der Waals surface area contributed by atoms with Crippen molar-refractivity contribution in [3.05, 3.63) is 118 Å². The summed E-state index contributed by atoms with van der Waals surface area (Å²) in [7, 11) is 0. The molecule has 0 spiro atoms. The summed E-state index contributed by atoms with van der Waals surface area (Å²) in [5.41, 5.74) is 0.797. The average molecular weight is 706 g/mol. The molecule has 2 fully saturated rings.